The minimum Gasteiger partial charge on any atom is -0.384 e. The van der Waals surface area contributed by atoms with E-state index in [1.807, 2.05) is 6.07 Å². The van der Waals surface area contributed by atoms with Crippen molar-refractivity contribution in [3.8, 4) is 0 Å². The van der Waals surface area contributed by atoms with Crippen LogP contribution in [0.25, 0.3) is 0 Å². The molecule has 0 saturated heterocycles. The van der Waals surface area contributed by atoms with Gasteiger partial charge in [0.2, 0.25) is 0 Å². The number of aromatic nitrogens is 1. The average molecular weight is 218 g/mol. The van der Waals surface area contributed by atoms with Crippen molar-refractivity contribution < 1.29 is 0 Å². The first-order valence-electron chi connectivity index (χ1n) is 6.10. The molecule has 1 atom stereocenters. The van der Waals surface area contributed by atoms with Gasteiger partial charge in [-0.25, -0.2) is 4.98 Å². The van der Waals surface area contributed by atoms with E-state index in [9.17, 15) is 0 Å². The third kappa shape index (κ3) is 1.81. The van der Waals surface area contributed by atoms with Gasteiger partial charge in [0.15, 0.2) is 0 Å². The first kappa shape index (κ1) is 11.4. The van der Waals surface area contributed by atoms with Gasteiger partial charge in [0.25, 0.3) is 0 Å². The molecule has 16 heavy (non-hydrogen) atoms. The Kier molecular flexibility index (Phi) is 2.48. The fourth-order valence-electron chi connectivity index (χ4n) is 2.59. The van der Waals surface area contributed by atoms with Gasteiger partial charge in [0, 0.05) is 5.69 Å². The maximum absolute atomic E-state index is 5.84. The lowest BCUT2D eigenvalue weighted by Gasteiger charge is -2.16. The highest BCUT2D eigenvalue weighted by Gasteiger charge is 2.48. The number of anilines is 1. The van der Waals surface area contributed by atoms with Crippen LogP contribution in [0.1, 0.15) is 62.8 Å². The van der Waals surface area contributed by atoms with Crippen LogP contribution in [0.5, 0.6) is 0 Å². The van der Waals surface area contributed by atoms with Crippen LogP contribution in [0.4, 0.5) is 5.82 Å². The van der Waals surface area contributed by atoms with Gasteiger partial charge in [-0.3, -0.25) is 0 Å². The van der Waals surface area contributed by atoms with Crippen molar-refractivity contribution in [1.82, 2.24) is 4.98 Å². The fraction of sp³-hybridized carbons (Fsp3) is 0.643. The molecule has 1 saturated carbocycles. The first-order valence-corrected chi connectivity index (χ1v) is 6.10. The summed E-state index contributed by atoms with van der Waals surface area (Å²) in [5, 5.41) is 0. The fourth-order valence-corrected chi connectivity index (χ4v) is 2.59. The number of rotatable bonds is 2. The third-order valence-corrected chi connectivity index (χ3v) is 3.72. The number of hydrogen-bond acceptors (Lipinski definition) is 2. The van der Waals surface area contributed by atoms with Crippen LogP contribution in [0.2, 0.25) is 0 Å². The van der Waals surface area contributed by atoms with E-state index in [0.717, 1.165) is 0 Å². The largest absolute Gasteiger partial charge is 0.384 e. The molecule has 1 aliphatic rings. The normalized spacial score (nSPS) is 22.5. The molecule has 1 aliphatic carbocycles. The number of pyridine rings is 1. The summed E-state index contributed by atoms with van der Waals surface area (Å²) < 4.78 is 0. The zero-order valence-corrected chi connectivity index (χ0v) is 11.0. The molecule has 2 nitrogen and oxygen atoms in total. The summed E-state index contributed by atoms with van der Waals surface area (Å²) >= 11 is 0. The molecule has 0 spiro atoms. The van der Waals surface area contributed by atoms with Crippen LogP contribution < -0.4 is 5.73 Å². The van der Waals surface area contributed by atoms with Crippen LogP contribution in [0, 0.1) is 12.3 Å². The summed E-state index contributed by atoms with van der Waals surface area (Å²) in [7, 11) is 0. The van der Waals surface area contributed by atoms with E-state index >= 15 is 0 Å². The van der Waals surface area contributed by atoms with Crippen molar-refractivity contribution in [3.05, 3.63) is 22.9 Å². The molecule has 0 aliphatic heterocycles. The summed E-state index contributed by atoms with van der Waals surface area (Å²) in [6.07, 6.45) is 1.28. The van der Waals surface area contributed by atoms with E-state index in [1.54, 1.807) is 0 Å². The molecule has 0 aromatic carbocycles. The SMILES string of the molecule is Cc1cc(N)nc(C(C)C)c1C1CC1(C)C. The van der Waals surface area contributed by atoms with E-state index in [1.165, 1.54) is 23.2 Å². The molecule has 0 bridgehead atoms. The van der Waals surface area contributed by atoms with Crippen LogP contribution in [0.15, 0.2) is 6.07 Å². The van der Waals surface area contributed by atoms with E-state index < -0.39 is 0 Å². The Hall–Kier alpha value is -1.05. The zero-order valence-electron chi connectivity index (χ0n) is 11.0. The van der Waals surface area contributed by atoms with Gasteiger partial charge in [-0.05, 0) is 47.8 Å². The van der Waals surface area contributed by atoms with Gasteiger partial charge >= 0.3 is 0 Å². The lowest BCUT2D eigenvalue weighted by Crippen LogP contribution is -2.06. The molecule has 2 heteroatoms. The molecule has 1 heterocycles. The summed E-state index contributed by atoms with van der Waals surface area (Å²) in [4.78, 5) is 4.54. The summed E-state index contributed by atoms with van der Waals surface area (Å²) in [5.74, 6) is 1.79. The first-order chi connectivity index (χ1) is 7.33. The third-order valence-electron chi connectivity index (χ3n) is 3.72. The maximum Gasteiger partial charge on any atom is 0.123 e. The van der Waals surface area contributed by atoms with Gasteiger partial charge in [-0.15, -0.1) is 0 Å². The molecule has 1 fully saturated rings. The molecule has 88 valence electrons. The van der Waals surface area contributed by atoms with Crippen molar-refractivity contribution >= 4 is 5.82 Å². The summed E-state index contributed by atoms with van der Waals surface area (Å²) in [5.41, 5.74) is 10.3. The molecule has 1 unspecified atom stereocenters. The van der Waals surface area contributed by atoms with Crippen LogP contribution in [-0.2, 0) is 0 Å². The Balaban J connectivity index is 2.51. The molecule has 0 radical (unpaired) electrons. The topological polar surface area (TPSA) is 38.9 Å². The predicted octanol–water partition coefficient (Wildman–Crippen LogP) is 3.61. The smallest absolute Gasteiger partial charge is 0.123 e. The highest BCUT2D eigenvalue weighted by Crippen LogP contribution is 2.60. The van der Waals surface area contributed by atoms with E-state index in [4.69, 9.17) is 5.73 Å². The van der Waals surface area contributed by atoms with E-state index in [-0.39, 0.29) is 0 Å². The molecule has 2 rings (SSSR count). The van der Waals surface area contributed by atoms with E-state index in [0.29, 0.717) is 23.1 Å². The monoisotopic (exact) mass is 218 g/mol. The van der Waals surface area contributed by atoms with Crippen molar-refractivity contribution in [2.75, 3.05) is 5.73 Å². The van der Waals surface area contributed by atoms with E-state index in [2.05, 4.69) is 39.6 Å². The van der Waals surface area contributed by atoms with Gasteiger partial charge in [0.05, 0.1) is 0 Å². The van der Waals surface area contributed by atoms with Crippen LogP contribution in [-0.4, -0.2) is 4.98 Å². The molecule has 1 aromatic heterocycles. The highest BCUT2D eigenvalue weighted by atomic mass is 14.8. The zero-order chi connectivity index (χ0) is 12.1. The lowest BCUT2D eigenvalue weighted by molar-refractivity contribution is 0.614. The highest BCUT2D eigenvalue weighted by molar-refractivity contribution is 5.46. The van der Waals surface area contributed by atoms with Crippen molar-refractivity contribution in [1.29, 1.82) is 0 Å². The van der Waals surface area contributed by atoms with Gasteiger partial charge in [-0.1, -0.05) is 27.7 Å². The van der Waals surface area contributed by atoms with Crippen LogP contribution >= 0.6 is 0 Å². The predicted molar refractivity (Wildman–Crippen MR) is 68.6 cm³/mol. The molecule has 0 amide bonds. The van der Waals surface area contributed by atoms with Crippen LogP contribution in [0.3, 0.4) is 0 Å². The maximum atomic E-state index is 5.84. The second-order valence-corrected chi connectivity index (χ2v) is 6.06. The Labute approximate surface area is 98.3 Å². The van der Waals surface area contributed by atoms with Crippen molar-refractivity contribution in [2.45, 2.75) is 52.9 Å². The molecule has 1 aromatic rings. The average Bonchev–Trinajstić information content (AvgIpc) is 2.72. The lowest BCUT2D eigenvalue weighted by atomic mass is 9.93. The minimum absolute atomic E-state index is 0.451. The number of aryl methyl sites for hydroxylation is 1. The second kappa shape index (κ2) is 3.47. The van der Waals surface area contributed by atoms with Crippen molar-refractivity contribution in [2.24, 2.45) is 5.41 Å². The number of nitrogens with two attached hydrogens (primary N) is 1. The number of hydrogen-bond donors (Lipinski definition) is 1. The Morgan fingerprint density at radius 1 is 1.44 bits per heavy atom. The minimum atomic E-state index is 0.451. The van der Waals surface area contributed by atoms with Gasteiger partial charge in [0.1, 0.15) is 5.82 Å². The number of nitrogen functional groups attached to an aromatic ring is 1. The second-order valence-electron chi connectivity index (χ2n) is 6.06. The molecule has 2 N–H and O–H groups in total. The standard InChI is InChI=1S/C14H22N2/c1-8(2)13-12(10-7-14(10,4)5)9(3)6-11(15)16-13/h6,8,10H,7H2,1-5H3,(H2,15,16). The summed E-state index contributed by atoms with van der Waals surface area (Å²) in [6.45, 7) is 11.2. The Bertz CT molecular complexity index is 419. The Morgan fingerprint density at radius 3 is 2.44 bits per heavy atom. The number of nitrogens with zero attached hydrogens (tertiary/aromatic N) is 1. The summed E-state index contributed by atoms with van der Waals surface area (Å²) in [6, 6.07) is 2.01. The quantitative estimate of drug-likeness (QED) is 0.823. The van der Waals surface area contributed by atoms with Crippen molar-refractivity contribution in [3.63, 3.8) is 0 Å². The van der Waals surface area contributed by atoms with Gasteiger partial charge in [-0.2, -0.15) is 0 Å². The molecular formula is C14H22N2. The molecular weight excluding hydrogens is 196 g/mol. The van der Waals surface area contributed by atoms with Gasteiger partial charge < -0.3 is 5.73 Å². The Morgan fingerprint density at radius 2 is 2.00 bits per heavy atom.